The molecule has 0 aliphatic heterocycles. The van der Waals surface area contributed by atoms with Crippen LogP contribution in [-0.4, -0.2) is 0 Å². The number of para-hydroxylation sites is 1. The van der Waals surface area contributed by atoms with Crippen molar-refractivity contribution in [2.45, 2.75) is 19.3 Å². The van der Waals surface area contributed by atoms with E-state index in [0.717, 1.165) is 17.1 Å². The summed E-state index contributed by atoms with van der Waals surface area (Å²) in [7, 11) is 0. The average molecular weight is 640 g/mol. The van der Waals surface area contributed by atoms with Crippen LogP contribution in [0.1, 0.15) is 25.0 Å². The average Bonchev–Trinajstić information content (AvgIpc) is 3.41. The molecule has 0 saturated heterocycles. The maximum absolute atomic E-state index is 2.43. The normalized spacial score (nSPS) is 12.8. The lowest BCUT2D eigenvalue weighted by atomic mass is 9.81. The molecule has 1 heteroatoms. The fraction of sp³-hybridized carbons (Fsp3) is 0.0612. The number of hydrogen-bond donors (Lipinski definition) is 0. The monoisotopic (exact) mass is 639 g/mol. The topological polar surface area (TPSA) is 3.24 Å². The van der Waals surface area contributed by atoms with E-state index in [1.165, 1.54) is 66.4 Å². The Morgan fingerprint density at radius 2 is 0.940 bits per heavy atom. The lowest BCUT2D eigenvalue weighted by molar-refractivity contribution is 0.660. The Balaban J connectivity index is 1.21. The van der Waals surface area contributed by atoms with Gasteiger partial charge in [0.2, 0.25) is 0 Å². The molecule has 8 aromatic carbocycles. The SMILES string of the molecule is CC1(C)c2cc(N(c3ccccc3)c3cccc(-c4ccc5ccccc5c4-c4ccccc4)c3)ccc2-c2c(-c3ccccc3)cccc21. The first kappa shape index (κ1) is 29.9. The van der Waals surface area contributed by atoms with Gasteiger partial charge in [-0.05, 0) is 103 Å². The summed E-state index contributed by atoms with van der Waals surface area (Å²) in [5.74, 6) is 0. The third kappa shape index (κ3) is 4.94. The van der Waals surface area contributed by atoms with Crippen LogP contribution in [0.2, 0.25) is 0 Å². The van der Waals surface area contributed by atoms with Crippen molar-refractivity contribution in [3.05, 3.63) is 199 Å². The van der Waals surface area contributed by atoms with Gasteiger partial charge < -0.3 is 4.90 Å². The number of anilines is 3. The maximum Gasteiger partial charge on any atom is 0.0467 e. The lowest BCUT2D eigenvalue weighted by Gasteiger charge is -2.28. The zero-order valence-corrected chi connectivity index (χ0v) is 28.3. The molecule has 0 atom stereocenters. The summed E-state index contributed by atoms with van der Waals surface area (Å²) in [6.45, 7) is 4.74. The van der Waals surface area contributed by atoms with Gasteiger partial charge in [-0.25, -0.2) is 0 Å². The van der Waals surface area contributed by atoms with Crippen LogP contribution in [0.15, 0.2) is 188 Å². The van der Waals surface area contributed by atoms with E-state index < -0.39 is 0 Å². The molecule has 0 spiro atoms. The van der Waals surface area contributed by atoms with Crippen LogP contribution >= 0.6 is 0 Å². The quantitative estimate of drug-likeness (QED) is 0.175. The molecular weight excluding hydrogens is 603 g/mol. The van der Waals surface area contributed by atoms with E-state index in [1.54, 1.807) is 0 Å². The highest BCUT2D eigenvalue weighted by Gasteiger charge is 2.37. The molecule has 0 bridgehead atoms. The van der Waals surface area contributed by atoms with Gasteiger partial charge in [0.25, 0.3) is 0 Å². The van der Waals surface area contributed by atoms with Crippen LogP contribution in [0.3, 0.4) is 0 Å². The van der Waals surface area contributed by atoms with E-state index >= 15 is 0 Å². The molecule has 0 amide bonds. The highest BCUT2D eigenvalue weighted by Crippen LogP contribution is 2.53. The Kier molecular flexibility index (Phi) is 7.21. The van der Waals surface area contributed by atoms with Gasteiger partial charge in [0.1, 0.15) is 0 Å². The van der Waals surface area contributed by atoms with Crippen molar-refractivity contribution >= 4 is 27.8 Å². The second kappa shape index (κ2) is 12.1. The van der Waals surface area contributed by atoms with Crippen molar-refractivity contribution in [3.8, 4) is 44.5 Å². The Hall–Kier alpha value is -6.18. The summed E-state index contributed by atoms with van der Waals surface area (Å²) < 4.78 is 0. The fourth-order valence-electron chi connectivity index (χ4n) is 8.04. The Bertz CT molecular complexity index is 2490. The maximum atomic E-state index is 2.43. The van der Waals surface area contributed by atoms with Crippen molar-refractivity contribution in [2.75, 3.05) is 4.90 Å². The molecule has 0 N–H and O–H groups in total. The standard InChI is InChI=1S/C49H37N/c1-49(2)45-27-15-26-42(34-16-6-3-7-17-34)48(45)44-31-29-40(33-46(44)49)50(38-22-10-5-11-23-38)39-24-14-21-37(32-39)43-30-28-35-18-12-13-25-41(35)47(43)36-19-8-4-9-20-36/h3-33H,1-2H3. The minimum Gasteiger partial charge on any atom is -0.310 e. The minimum atomic E-state index is -0.147. The summed E-state index contributed by atoms with van der Waals surface area (Å²) in [5, 5.41) is 2.51. The zero-order valence-electron chi connectivity index (χ0n) is 28.3. The molecule has 8 aromatic rings. The highest BCUT2D eigenvalue weighted by atomic mass is 15.1. The van der Waals surface area contributed by atoms with Gasteiger partial charge in [-0.3, -0.25) is 0 Å². The molecule has 0 aromatic heterocycles. The van der Waals surface area contributed by atoms with Crippen LogP contribution in [0.5, 0.6) is 0 Å². The highest BCUT2D eigenvalue weighted by molar-refractivity contribution is 6.04. The van der Waals surface area contributed by atoms with E-state index in [-0.39, 0.29) is 5.41 Å². The van der Waals surface area contributed by atoms with E-state index in [2.05, 4.69) is 207 Å². The Morgan fingerprint density at radius 1 is 0.360 bits per heavy atom. The summed E-state index contributed by atoms with van der Waals surface area (Å²) in [4.78, 5) is 2.41. The van der Waals surface area contributed by atoms with Crippen LogP contribution in [0.4, 0.5) is 17.1 Å². The largest absolute Gasteiger partial charge is 0.310 e. The predicted molar refractivity (Wildman–Crippen MR) is 213 cm³/mol. The molecule has 0 heterocycles. The third-order valence-corrected chi connectivity index (χ3v) is 10.4. The number of rotatable bonds is 6. The first-order valence-electron chi connectivity index (χ1n) is 17.4. The number of benzene rings is 8. The molecule has 0 unspecified atom stereocenters. The molecule has 0 fully saturated rings. The van der Waals surface area contributed by atoms with Gasteiger partial charge in [0.05, 0.1) is 0 Å². The van der Waals surface area contributed by atoms with Gasteiger partial charge in [0, 0.05) is 22.5 Å². The van der Waals surface area contributed by atoms with E-state index in [1.807, 2.05) is 0 Å². The van der Waals surface area contributed by atoms with Gasteiger partial charge in [-0.15, -0.1) is 0 Å². The Morgan fingerprint density at radius 3 is 1.72 bits per heavy atom. The van der Waals surface area contributed by atoms with Crippen LogP contribution in [-0.2, 0) is 5.41 Å². The van der Waals surface area contributed by atoms with Gasteiger partial charge in [-0.2, -0.15) is 0 Å². The molecule has 1 nitrogen and oxygen atoms in total. The molecule has 1 aliphatic carbocycles. The van der Waals surface area contributed by atoms with Crippen molar-refractivity contribution in [3.63, 3.8) is 0 Å². The van der Waals surface area contributed by atoms with Crippen LogP contribution < -0.4 is 4.90 Å². The van der Waals surface area contributed by atoms with Crippen LogP contribution in [0.25, 0.3) is 55.3 Å². The summed E-state index contributed by atoms with van der Waals surface area (Å²) in [6.07, 6.45) is 0. The van der Waals surface area contributed by atoms with E-state index in [0.29, 0.717) is 0 Å². The lowest BCUT2D eigenvalue weighted by Crippen LogP contribution is -2.16. The van der Waals surface area contributed by atoms with Crippen molar-refractivity contribution in [1.82, 2.24) is 0 Å². The second-order valence-electron chi connectivity index (χ2n) is 13.7. The van der Waals surface area contributed by atoms with E-state index in [4.69, 9.17) is 0 Å². The molecular formula is C49H37N. The molecule has 0 radical (unpaired) electrons. The zero-order chi connectivity index (χ0) is 33.7. The summed E-state index contributed by atoms with van der Waals surface area (Å²) >= 11 is 0. The fourth-order valence-corrected chi connectivity index (χ4v) is 8.04. The summed E-state index contributed by atoms with van der Waals surface area (Å²) in [5.41, 5.74) is 16.1. The van der Waals surface area contributed by atoms with Crippen molar-refractivity contribution in [1.29, 1.82) is 0 Å². The summed E-state index contributed by atoms with van der Waals surface area (Å²) in [6, 6.07) is 68.5. The molecule has 238 valence electrons. The predicted octanol–water partition coefficient (Wildman–Crippen LogP) is 13.6. The molecule has 9 rings (SSSR count). The number of fused-ring (bicyclic) bond motifs is 4. The number of hydrogen-bond acceptors (Lipinski definition) is 1. The number of nitrogens with zero attached hydrogens (tertiary/aromatic N) is 1. The minimum absolute atomic E-state index is 0.147. The van der Waals surface area contributed by atoms with E-state index in [9.17, 15) is 0 Å². The third-order valence-electron chi connectivity index (χ3n) is 10.4. The first-order chi connectivity index (χ1) is 24.6. The van der Waals surface area contributed by atoms with Crippen molar-refractivity contribution < 1.29 is 0 Å². The smallest absolute Gasteiger partial charge is 0.0467 e. The molecule has 0 saturated carbocycles. The van der Waals surface area contributed by atoms with Gasteiger partial charge in [-0.1, -0.05) is 166 Å². The first-order valence-corrected chi connectivity index (χ1v) is 17.4. The molecule has 50 heavy (non-hydrogen) atoms. The van der Waals surface area contributed by atoms with Crippen molar-refractivity contribution in [2.24, 2.45) is 0 Å². The van der Waals surface area contributed by atoms with Gasteiger partial charge in [0.15, 0.2) is 0 Å². The molecule has 1 aliphatic rings. The van der Waals surface area contributed by atoms with Crippen LogP contribution in [0, 0.1) is 0 Å². The van der Waals surface area contributed by atoms with Gasteiger partial charge >= 0.3 is 0 Å². The Labute approximate surface area is 294 Å². The second-order valence-corrected chi connectivity index (χ2v) is 13.7.